The number of aromatic nitrogens is 1. The first-order valence-electron chi connectivity index (χ1n) is 9.36. The van der Waals surface area contributed by atoms with E-state index in [1.54, 1.807) is 7.11 Å². The lowest BCUT2D eigenvalue weighted by atomic mass is 10.2. The summed E-state index contributed by atoms with van der Waals surface area (Å²) in [4.78, 5) is 21.3. The molecule has 0 bridgehead atoms. The van der Waals surface area contributed by atoms with Gasteiger partial charge in [0.2, 0.25) is 5.91 Å². The van der Waals surface area contributed by atoms with Crippen molar-refractivity contribution in [3.05, 3.63) is 48.0 Å². The Hall–Kier alpha value is -3.15. The highest BCUT2D eigenvalue weighted by molar-refractivity contribution is 7.22. The highest BCUT2D eigenvalue weighted by Crippen LogP contribution is 2.29. The van der Waals surface area contributed by atoms with E-state index in [1.807, 2.05) is 42.5 Å². The molecule has 1 aromatic heterocycles. The molecule has 8 heteroatoms. The van der Waals surface area contributed by atoms with Gasteiger partial charge in [0.1, 0.15) is 5.75 Å². The Morgan fingerprint density at radius 3 is 2.83 bits per heavy atom. The third kappa shape index (κ3) is 4.47. The van der Waals surface area contributed by atoms with Crippen LogP contribution in [0.25, 0.3) is 10.2 Å². The van der Waals surface area contributed by atoms with Crippen LogP contribution in [-0.4, -0.2) is 55.6 Å². The van der Waals surface area contributed by atoms with Crippen molar-refractivity contribution in [2.75, 3.05) is 50.1 Å². The number of methoxy groups -OCH3 is 1. The van der Waals surface area contributed by atoms with E-state index in [1.165, 1.54) is 11.3 Å². The zero-order valence-corrected chi connectivity index (χ0v) is 16.9. The molecule has 0 aliphatic carbocycles. The number of nitrogens with zero attached hydrogens (tertiary/aromatic N) is 4. The van der Waals surface area contributed by atoms with Crippen LogP contribution in [0, 0.1) is 11.3 Å². The normalized spacial score (nSPS) is 14.6. The van der Waals surface area contributed by atoms with Crippen molar-refractivity contribution in [2.45, 2.75) is 0 Å². The number of nitrogens with one attached hydrogen (secondary N) is 1. The highest BCUT2D eigenvalue weighted by atomic mass is 32.1. The minimum atomic E-state index is -0.0593. The summed E-state index contributed by atoms with van der Waals surface area (Å²) in [7, 11) is 1.63. The van der Waals surface area contributed by atoms with Crippen LogP contribution in [0.1, 0.15) is 5.56 Å². The molecule has 2 heterocycles. The van der Waals surface area contributed by atoms with Gasteiger partial charge in [-0.1, -0.05) is 17.4 Å². The monoisotopic (exact) mass is 407 g/mol. The van der Waals surface area contributed by atoms with Gasteiger partial charge in [-0.15, -0.1) is 0 Å². The summed E-state index contributed by atoms with van der Waals surface area (Å²) in [5, 5.41) is 12.6. The molecule has 1 aliphatic heterocycles. The van der Waals surface area contributed by atoms with Gasteiger partial charge in [0.15, 0.2) is 5.13 Å². The van der Waals surface area contributed by atoms with Crippen LogP contribution in [0.5, 0.6) is 5.75 Å². The lowest BCUT2D eigenvalue weighted by Crippen LogP contribution is -2.48. The predicted octanol–water partition coefficient (Wildman–Crippen LogP) is 2.94. The molecular formula is C21H21N5O2S. The first kappa shape index (κ1) is 19.2. The lowest BCUT2D eigenvalue weighted by molar-refractivity contribution is -0.117. The lowest BCUT2D eigenvalue weighted by Gasteiger charge is -2.35. The second-order valence-corrected chi connectivity index (χ2v) is 7.86. The zero-order chi connectivity index (χ0) is 20.2. The second kappa shape index (κ2) is 8.47. The third-order valence-electron chi connectivity index (χ3n) is 4.92. The van der Waals surface area contributed by atoms with E-state index in [0.29, 0.717) is 17.2 Å². The average Bonchev–Trinajstić information content (AvgIpc) is 3.15. The zero-order valence-electron chi connectivity index (χ0n) is 16.1. The fourth-order valence-corrected chi connectivity index (χ4v) is 4.29. The van der Waals surface area contributed by atoms with E-state index in [0.717, 1.165) is 47.8 Å². The molecule has 4 rings (SSSR count). The van der Waals surface area contributed by atoms with E-state index in [-0.39, 0.29) is 5.91 Å². The largest absolute Gasteiger partial charge is 0.497 e. The SMILES string of the molecule is COc1ccc2nc(NC(=O)CN3CCN(c4cccc(C#N)c4)CC3)sc2c1. The number of rotatable bonds is 5. The molecule has 0 unspecified atom stereocenters. The molecule has 0 radical (unpaired) electrons. The summed E-state index contributed by atoms with van der Waals surface area (Å²) >= 11 is 1.44. The number of hydrogen-bond acceptors (Lipinski definition) is 7. The van der Waals surface area contributed by atoms with Crippen LogP contribution in [0.3, 0.4) is 0 Å². The van der Waals surface area contributed by atoms with E-state index in [2.05, 4.69) is 26.2 Å². The Balaban J connectivity index is 1.31. The Bertz CT molecular complexity index is 1070. The van der Waals surface area contributed by atoms with E-state index < -0.39 is 0 Å². The van der Waals surface area contributed by atoms with Crippen molar-refractivity contribution in [2.24, 2.45) is 0 Å². The number of carbonyl (C=O) groups excluding carboxylic acids is 1. The first-order chi connectivity index (χ1) is 14.1. The molecule has 3 aromatic rings. The molecule has 1 saturated heterocycles. The quantitative estimate of drug-likeness (QED) is 0.700. The summed E-state index contributed by atoms with van der Waals surface area (Å²) in [5.41, 5.74) is 2.56. The van der Waals surface area contributed by atoms with Crippen LogP contribution in [0.4, 0.5) is 10.8 Å². The number of nitriles is 1. The molecule has 148 valence electrons. The van der Waals surface area contributed by atoms with Gasteiger partial charge >= 0.3 is 0 Å². The van der Waals surface area contributed by atoms with E-state index >= 15 is 0 Å². The highest BCUT2D eigenvalue weighted by Gasteiger charge is 2.20. The average molecular weight is 407 g/mol. The van der Waals surface area contributed by atoms with Crippen LogP contribution >= 0.6 is 11.3 Å². The molecule has 2 aromatic carbocycles. The van der Waals surface area contributed by atoms with Crippen molar-refractivity contribution in [3.8, 4) is 11.8 Å². The van der Waals surface area contributed by atoms with Crippen molar-refractivity contribution >= 4 is 38.3 Å². The summed E-state index contributed by atoms with van der Waals surface area (Å²) in [6, 6.07) is 15.5. The van der Waals surface area contributed by atoms with Crippen LogP contribution in [0.15, 0.2) is 42.5 Å². The van der Waals surface area contributed by atoms with Crippen molar-refractivity contribution in [1.29, 1.82) is 5.26 Å². The molecule has 1 aliphatic rings. The van der Waals surface area contributed by atoms with Crippen LogP contribution < -0.4 is 15.0 Å². The van der Waals surface area contributed by atoms with Crippen LogP contribution in [-0.2, 0) is 4.79 Å². The number of carbonyl (C=O) groups is 1. The standard InChI is InChI=1S/C21H21N5O2S/c1-28-17-5-6-18-19(12-17)29-21(23-18)24-20(27)14-25-7-9-26(10-8-25)16-4-2-3-15(11-16)13-22/h2-6,11-12H,7-10,14H2,1H3,(H,23,24,27). The fraction of sp³-hybridized carbons (Fsp3) is 0.286. The molecule has 0 atom stereocenters. The van der Waals surface area contributed by atoms with Gasteiger partial charge in [-0.2, -0.15) is 5.26 Å². The molecule has 1 N–H and O–H groups in total. The van der Waals surface area contributed by atoms with Gasteiger partial charge in [0.05, 0.1) is 35.5 Å². The Kier molecular flexibility index (Phi) is 5.60. The van der Waals surface area contributed by atoms with Gasteiger partial charge in [-0.3, -0.25) is 9.69 Å². The van der Waals surface area contributed by atoms with Gasteiger partial charge < -0.3 is 15.0 Å². The summed E-state index contributed by atoms with van der Waals surface area (Å²) in [5.74, 6) is 0.716. The maximum Gasteiger partial charge on any atom is 0.240 e. The number of thiazole rings is 1. The number of ether oxygens (including phenoxy) is 1. The van der Waals surface area contributed by atoms with E-state index in [4.69, 9.17) is 10.00 Å². The molecular weight excluding hydrogens is 386 g/mol. The number of anilines is 2. The molecule has 7 nitrogen and oxygen atoms in total. The summed E-state index contributed by atoms with van der Waals surface area (Å²) in [6.07, 6.45) is 0. The number of amides is 1. The van der Waals surface area contributed by atoms with Crippen molar-refractivity contribution in [1.82, 2.24) is 9.88 Å². The smallest absolute Gasteiger partial charge is 0.240 e. The van der Waals surface area contributed by atoms with E-state index in [9.17, 15) is 4.79 Å². The maximum absolute atomic E-state index is 12.5. The molecule has 0 spiro atoms. The van der Waals surface area contributed by atoms with Gasteiger partial charge in [0, 0.05) is 31.9 Å². The first-order valence-corrected chi connectivity index (χ1v) is 10.2. The minimum absolute atomic E-state index is 0.0593. The van der Waals surface area contributed by atoms with Crippen molar-refractivity contribution < 1.29 is 9.53 Å². The third-order valence-corrected chi connectivity index (χ3v) is 5.86. The van der Waals surface area contributed by atoms with Gasteiger partial charge in [-0.05, 0) is 36.4 Å². The molecule has 1 amide bonds. The predicted molar refractivity (Wildman–Crippen MR) is 115 cm³/mol. The number of benzene rings is 2. The summed E-state index contributed by atoms with van der Waals surface area (Å²) in [6.45, 7) is 3.57. The minimum Gasteiger partial charge on any atom is -0.497 e. The molecule has 0 saturated carbocycles. The summed E-state index contributed by atoms with van der Waals surface area (Å²) < 4.78 is 6.21. The Labute approximate surface area is 173 Å². The van der Waals surface area contributed by atoms with Crippen LogP contribution in [0.2, 0.25) is 0 Å². The molecule has 1 fully saturated rings. The molecule has 29 heavy (non-hydrogen) atoms. The van der Waals surface area contributed by atoms with Crippen molar-refractivity contribution in [3.63, 3.8) is 0 Å². The Morgan fingerprint density at radius 1 is 1.24 bits per heavy atom. The second-order valence-electron chi connectivity index (χ2n) is 6.83. The van der Waals surface area contributed by atoms with Gasteiger partial charge in [-0.25, -0.2) is 4.98 Å². The number of piperazine rings is 1. The van der Waals surface area contributed by atoms with Gasteiger partial charge in [0.25, 0.3) is 0 Å². The fourth-order valence-electron chi connectivity index (χ4n) is 3.38. The number of fused-ring (bicyclic) bond motifs is 1. The number of hydrogen-bond donors (Lipinski definition) is 1. The maximum atomic E-state index is 12.5. The Morgan fingerprint density at radius 2 is 2.07 bits per heavy atom. The topological polar surface area (TPSA) is 81.5 Å².